The minimum atomic E-state index is -0.239. The molecule has 1 saturated heterocycles. The van der Waals surface area contributed by atoms with Crippen LogP contribution in [-0.4, -0.2) is 18.3 Å². The zero-order valence-electron chi connectivity index (χ0n) is 14.9. The zero-order valence-corrected chi connectivity index (χ0v) is 14.9. The summed E-state index contributed by atoms with van der Waals surface area (Å²) in [6.07, 6.45) is 5.98. The molecule has 122 valence electrons. The summed E-state index contributed by atoms with van der Waals surface area (Å²) in [7, 11) is -0.0953. The van der Waals surface area contributed by atoms with Gasteiger partial charge in [-0.15, -0.1) is 0 Å². The second kappa shape index (κ2) is 7.19. The maximum atomic E-state index is 6.31. The first-order valence-electron chi connectivity index (χ1n) is 8.75. The van der Waals surface area contributed by atoms with Crippen LogP contribution in [0, 0.1) is 0 Å². The molecular formula is C19H31BO2. The Hall–Kier alpha value is -0.795. The first kappa shape index (κ1) is 17.6. The van der Waals surface area contributed by atoms with Crippen molar-refractivity contribution in [2.45, 2.75) is 83.7 Å². The van der Waals surface area contributed by atoms with Crippen LogP contribution in [0.15, 0.2) is 30.3 Å². The minimum Gasteiger partial charge on any atom is -0.403 e. The van der Waals surface area contributed by atoms with E-state index >= 15 is 0 Å². The molecule has 1 atom stereocenters. The highest BCUT2D eigenvalue weighted by molar-refractivity contribution is 6.47. The maximum Gasteiger partial charge on any atom is 0.461 e. The van der Waals surface area contributed by atoms with Crippen molar-refractivity contribution in [1.29, 1.82) is 0 Å². The molecule has 0 bridgehead atoms. The van der Waals surface area contributed by atoms with Crippen LogP contribution in [0.2, 0.25) is 5.82 Å². The summed E-state index contributed by atoms with van der Waals surface area (Å²) in [4.78, 5) is 0. The van der Waals surface area contributed by atoms with Crippen molar-refractivity contribution in [3.63, 3.8) is 0 Å². The van der Waals surface area contributed by atoms with Crippen LogP contribution < -0.4 is 0 Å². The van der Waals surface area contributed by atoms with Gasteiger partial charge in [0.25, 0.3) is 0 Å². The smallest absolute Gasteiger partial charge is 0.403 e. The van der Waals surface area contributed by atoms with E-state index in [1.54, 1.807) is 0 Å². The average molecular weight is 302 g/mol. The first-order valence-corrected chi connectivity index (χ1v) is 8.75. The van der Waals surface area contributed by atoms with Gasteiger partial charge in [0.2, 0.25) is 0 Å². The normalized spacial score (nSPS) is 21.0. The molecule has 1 fully saturated rings. The van der Waals surface area contributed by atoms with Crippen LogP contribution in [-0.2, 0) is 15.7 Å². The van der Waals surface area contributed by atoms with Crippen molar-refractivity contribution in [3.8, 4) is 0 Å². The standard InChI is InChI=1S/C19H31BO2/c1-6-7-9-14-17(15-16-12-10-8-11-13-16)20-21-18(2,3)19(4,5)22-20/h8,10-13,17H,6-7,9,14-15H2,1-5H3. The number of hydrogen-bond acceptors (Lipinski definition) is 2. The quantitative estimate of drug-likeness (QED) is 0.504. The highest BCUT2D eigenvalue weighted by Crippen LogP contribution is 2.42. The summed E-state index contributed by atoms with van der Waals surface area (Å²) in [5.41, 5.74) is 0.896. The van der Waals surface area contributed by atoms with Crippen LogP contribution in [0.5, 0.6) is 0 Å². The summed E-state index contributed by atoms with van der Waals surface area (Å²) >= 11 is 0. The molecule has 1 aliphatic heterocycles. The topological polar surface area (TPSA) is 18.5 Å². The van der Waals surface area contributed by atoms with E-state index in [2.05, 4.69) is 65.0 Å². The average Bonchev–Trinajstić information content (AvgIpc) is 2.68. The van der Waals surface area contributed by atoms with Crippen LogP contribution in [0.25, 0.3) is 0 Å². The van der Waals surface area contributed by atoms with Crippen molar-refractivity contribution in [3.05, 3.63) is 35.9 Å². The second-order valence-corrected chi connectivity index (χ2v) is 7.57. The molecule has 1 aromatic rings. The van der Waals surface area contributed by atoms with E-state index in [4.69, 9.17) is 9.31 Å². The Balaban J connectivity index is 2.08. The van der Waals surface area contributed by atoms with Gasteiger partial charge in [-0.2, -0.15) is 0 Å². The molecule has 2 nitrogen and oxygen atoms in total. The fraction of sp³-hybridized carbons (Fsp3) is 0.684. The summed E-state index contributed by atoms with van der Waals surface area (Å²) in [6, 6.07) is 10.7. The molecule has 1 aliphatic rings. The van der Waals surface area contributed by atoms with Gasteiger partial charge in [-0.3, -0.25) is 0 Å². The summed E-state index contributed by atoms with van der Waals surface area (Å²) < 4.78 is 12.6. The lowest BCUT2D eigenvalue weighted by atomic mass is 9.66. The van der Waals surface area contributed by atoms with Gasteiger partial charge in [0.1, 0.15) is 0 Å². The highest BCUT2D eigenvalue weighted by atomic mass is 16.7. The van der Waals surface area contributed by atoms with Gasteiger partial charge >= 0.3 is 7.12 Å². The van der Waals surface area contributed by atoms with Crippen molar-refractivity contribution < 1.29 is 9.31 Å². The molecule has 3 heteroatoms. The van der Waals surface area contributed by atoms with Gasteiger partial charge in [-0.05, 0) is 45.5 Å². The highest BCUT2D eigenvalue weighted by Gasteiger charge is 2.53. The summed E-state index contributed by atoms with van der Waals surface area (Å²) in [6.45, 7) is 10.8. The van der Waals surface area contributed by atoms with Crippen molar-refractivity contribution in [1.82, 2.24) is 0 Å². The molecule has 0 aliphatic carbocycles. The molecule has 0 amide bonds. The predicted molar refractivity (Wildman–Crippen MR) is 94.1 cm³/mol. The van der Waals surface area contributed by atoms with Gasteiger partial charge in [-0.1, -0.05) is 62.9 Å². The van der Waals surface area contributed by atoms with Gasteiger partial charge in [0, 0.05) is 0 Å². The van der Waals surface area contributed by atoms with Gasteiger partial charge in [0.05, 0.1) is 11.2 Å². The molecule has 0 radical (unpaired) electrons. The first-order chi connectivity index (χ1) is 10.4. The molecule has 1 heterocycles. The Morgan fingerprint density at radius 2 is 1.55 bits per heavy atom. The number of rotatable bonds is 7. The molecule has 1 unspecified atom stereocenters. The van der Waals surface area contributed by atoms with Crippen LogP contribution in [0.4, 0.5) is 0 Å². The lowest BCUT2D eigenvalue weighted by Gasteiger charge is -2.32. The molecule has 22 heavy (non-hydrogen) atoms. The maximum absolute atomic E-state index is 6.31. The molecule has 2 rings (SSSR count). The van der Waals surface area contributed by atoms with Crippen LogP contribution in [0.1, 0.15) is 65.9 Å². The third kappa shape index (κ3) is 4.14. The SMILES string of the molecule is CCCCCC(Cc1ccccc1)B1OC(C)(C)C(C)(C)O1. The fourth-order valence-corrected chi connectivity index (χ4v) is 2.99. The van der Waals surface area contributed by atoms with Crippen LogP contribution >= 0.6 is 0 Å². The Bertz CT molecular complexity index is 440. The van der Waals surface area contributed by atoms with Crippen molar-refractivity contribution in [2.24, 2.45) is 0 Å². The largest absolute Gasteiger partial charge is 0.461 e. The van der Waals surface area contributed by atoms with E-state index in [1.165, 1.54) is 31.2 Å². The predicted octanol–water partition coefficient (Wildman–Crippen LogP) is 5.27. The Morgan fingerprint density at radius 3 is 2.09 bits per heavy atom. The van der Waals surface area contributed by atoms with E-state index in [1.807, 2.05) is 0 Å². The van der Waals surface area contributed by atoms with Gasteiger partial charge in [0.15, 0.2) is 0 Å². The number of hydrogen-bond donors (Lipinski definition) is 0. The van der Waals surface area contributed by atoms with E-state index in [0.29, 0.717) is 5.82 Å². The molecule has 0 aromatic heterocycles. The second-order valence-electron chi connectivity index (χ2n) is 7.57. The van der Waals surface area contributed by atoms with Gasteiger partial charge in [-0.25, -0.2) is 0 Å². The third-order valence-electron chi connectivity index (χ3n) is 5.18. The van der Waals surface area contributed by atoms with Gasteiger partial charge < -0.3 is 9.31 Å². The van der Waals surface area contributed by atoms with E-state index in [0.717, 1.165) is 6.42 Å². The Morgan fingerprint density at radius 1 is 0.955 bits per heavy atom. The molecule has 0 N–H and O–H groups in total. The summed E-state index contributed by atoms with van der Waals surface area (Å²) in [5.74, 6) is 0.426. The van der Waals surface area contributed by atoms with E-state index in [9.17, 15) is 0 Å². The lowest BCUT2D eigenvalue weighted by molar-refractivity contribution is 0.00578. The summed E-state index contributed by atoms with van der Waals surface area (Å²) in [5, 5.41) is 0. The monoisotopic (exact) mass is 302 g/mol. The number of unbranched alkanes of at least 4 members (excludes halogenated alkanes) is 2. The minimum absolute atomic E-state index is 0.0953. The molecular weight excluding hydrogens is 271 g/mol. The Kier molecular flexibility index (Phi) is 5.73. The Labute approximate surface area is 136 Å². The van der Waals surface area contributed by atoms with E-state index < -0.39 is 0 Å². The third-order valence-corrected chi connectivity index (χ3v) is 5.18. The molecule has 0 spiro atoms. The van der Waals surface area contributed by atoms with Crippen LogP contribution in [0.3, 0.4) is 0 Å². The zero-order chi connectivity index (χ0) is 16.2. The van der Waals surface area contributed by atoms with Crippen molar-refractivity contribution >= 4 is 7.12 Å². The van der Waals surface area contributed by atoms with Crippen molar-refractivity contribution in [2.75, 3.05) is 0 Å². The fourth-order valence-electron chi connectivity index (χ4n) is 2.99. The lowest BCUT2D eigenvalue weighted by Crippen LogP contribution is -2.41. The molecule has 1 aromatic carbocycles. The number of benzene rings is 1. The van der Waals surface area contributed by atoms with E-state index in [-0.39, 0.29) is 18.3 Å². The molecule has 0 saturated carbocycles.